The van der Waals surface area contributed by atoms with Gasteiger partial charge in [-0.05, 0) is 32.3 Å². The number of amides is 2. The van der Waals surface area contributed by atoms with Crippen LogP contribution in [0.4, 0.5) is 10.6 Å². The highest BCUT2D eigenvalue weighted by molar-refractivity contribution is 5.75. The van der Waals surface area contributed by atoms with E-state index in [1.54, 1.807) is 6.20 Å². The Balaban J connectivity index is 1.28. The van der Waals surface area contributed by atoms with E-state index in [0.29, 0.717) is 18.8 Å². The van der Waals surface area contributed by atoms with Gasteiger partial charge in [0.1, 0.15) is 11.9 Å². The minimum absolute atomic E-state index is 0.0251. The molecule has 1 aromatic heterocycles. The zero-order chi connectivity index (χ0) is 22.5. The van der Waals surface area contributed by atoms with Gasteiger partial charge in [-0.25, -0.2) is 14.8 Å². The number of rotatable bonds is 4. The molecule has 2 fully saturated rings. The topological polar surface area (TPSA) is 88.4 Å². The van der Waals surface area contributed by atoms with Gasteiger partial charge in [0.25, 0.3) is 0 Å². The summed E-state index contributed by atoms with van der Waals surface area (Å²) in [5, 5.41) is 12.2. The van der Waals surface area contributed by atoms with Crippen LogP contribution in [-0.2, 0) is 6.54 Å². The van der Waals surface area contributed by atoms with Crippen LogP contribution in [-0.4, -0.2) is 70.1 Å². The Hall–Kier alpha value is -3.18. The van der Waals surface area contributed by atoms with Gasteiger partial charge >= 0.3 is 6.03 Å². The predicted molar refractivity (Wildman–Crippen MR) is 123 cm³/mol. The van der Waals surface area contributed by atoms with Crippen LogP contribution in [0.2, 0.25) is 0 Å². The van der Waals surface area contributed by atoms with Crippen LogP contribution in [0.15, 0.2) is 42.7 Å². The third-order valence-electron chi connectivity index (χ3n) is 6.39. The standard InChI is InChI=1S/C24H31N7O/c1-18-15-30(23-14-26-22(12-25)13-27-23)16-19(2)31(18)24(32)28-21-8-10-29(11-9-21)17-20-6-4-3-5-7-20/h3-7,13-14,18-19,21H,8-11,15-17H2,1-2H3,(H,28,32)/t18-,19+. The highest BCUT2D eigenvalue weighted by Gasteiger charge is 2.34. The molecule has 2 aliphatic rings. The molecule has 2 saturated heterocycles. The number of carbonyl (C=O) groups is 1. The Morgan fingerprint density at radius 1 is 1.09 bits per heavy atom. The van der Waals surface area contributed by atoms with E-state index < -0.39 is 0 Å². The summed E-state index contributed by atoms with van der Waals surface area (Å²) in [6, 6.07) is 12.9. The molecule has 8 heteroatoms. The first-order valence-electron chi connectivity index (χ1n) is 11.4. The number of nitrogens with one attached hydrogen (secondary N) is 1. The number of nitriles is 1. The SMILES string of the molecule is C[C@@H]1CN(c2cnc(C#N)cn2)C[C@H](C)N1C(=O)NC1CCN(Cc2ccccc2)CC1. The molecule has 0 saturated carbocycles. The maximum absolute atomic E-state index is 13.1. The highest BCUT2D eigenvalue weighted by Crippen LogP contribution is 2.21. The van der Waals surface area contributed by atoms with Gasteiger partial charge in [-0.3, -0.25) is 4.90 Å². The van der Waals surface area contributed by atoms with Gasteiger partial charge < -0.3 is 15.1 Å². The van der Waals surface area contributed by atoms with E-state index in [1.807, 2.05) is 17.0 Å². The average molecular weight is 434 g/mol. The van der Waals surface area contributed by atoms with Crippen LogP contribution in [0.25, 0.3) is 0 Å². The summed E-state index contributed by atoms with van der Waals surface area (Å²) in [5.41, 5.74) is 1.64. The Bertz CT molecular complexity index is 923. The number of anilines is 1. The first kappa shape index (κ1) is 22.0. The number of hydrogen-bond donors (Lipinski definition) is 1. The molecular weight excluding hydrogens is 402 g/mol. The van der Waals surface area contributed by atoms with Crippen molar-refractivity contribution in [3.8, 4) is 6.07 Å². The van der Waals surface area contributed by atoms with E-state index in [2.05, 4.69) is 63.2 Å². The lowest BCUT2D eigenvalue weighted by molar-refractivity contribution is 0.130. The number of nitrogens with zero attached hydrogens (tertiary/aromatic N) is 6. The second-order valence-electron chi connectivity index (χ2n) is 8.87. The number of likely N-dealkylation sites (tertiary alicyclic amines) is 1. The van der Waals surface area contributed by atoms with Crippen molar-refractivity contribution in [3.05, 3.63) is 54.0 Å². The van der Waals surface area contributed by atoms with Crippen LogP contribution < -0.4 is 10.2 Å². The maximum atomic E-state index is 13.1. The van der Waals surface area contributed by atoms with Gasteiger partial charge in [-0.15, -0.1) is 0 Å². The lowest BCUT2D eigenvalue weighted by Crippen LogP contribution is -2.62. The summed E-state index contributed by atoms with van der Waals surface area (Å²) in [7, 11) is 0. The maximum Gasteiger partial charge on any atom is 0.318 e. The Kier molecular flexibility index (Phi) is 6.86. The summed E-state index contributed by atoms with van der Waals surface area (Å²) in [6.07, 6.45) is 5.08. The molecule has 0 radical (unpaired) electrons. The summed E-state index contributed by atoms with van der Waals surface area (Å²) < 4.78 is 0. The third-order valence-corrected chi connectivity index (χ3v) is 6.39. The number of piperazine rings is 1. The molecule has 2 amide bonds. The second kappa shape index (κ2) is 9.96. The van der Waals surface area contributed by atoms with E-state index in [0.717, 1.165) is 38.3 Å². The highest BCUT2D eigenvalue weighted by atomic mass is 16.2. The largest absolute Gasteiger partial charge is 0.351 e. The molecule has 2 aliphatic heterocycles. The van der Waals surface area contributed by atoms with Gasteiger partial charge in [0.15, 0.2) is 5.69 Å². The van der Waals surface area contributed by atoms with E-state index in [-0.39, 0.29) is 24.2 Å². The van der Waals surface area contributed by atoms with Crippen LogP contribution in [0.1, 0.15) is 37.9 Å². The molecule has 0 bridgehead atoms. The van der Waals surface area contributed by atoms with Crippen LogP contribution >= 0.6 is 0 Å². The first-order chi connectivity index (χ1) is 15.5. The zero-order valence-electron chi connectivity index (χ0n) is 18.8. The molecule has 1 N–H and O–H groups in total. The smallest absolute Gasteiger partial charge is 0.318 e. The molecular formula is C24H31N7O. The van der Waals surface area contributed by atoms with Crippen molar-refractivity contribution < 1.29 is 4.79 Å². The van der Waals surface area contributed by atoms with Crippen molar-refractivity contribution in [2.45, 2.75) is 51.4 Å². The lowest BCUT2D eigenvalue weighted by Gasteiger charge is -2.45. The van der Waals surface area contributed by atoms with Crippen molar-refractivity contribution >= 4 is 11.8 Å². The van der Waals surface area contributed by atoms with Gasteiger partial charge in [-0.2, -0.15) is 5.26 Å². The molecule has 0 spiro atoms. The van der Waals surface area contributed by atoms with Crippen molar-refractivity contribution in [2.75, 3.05) is 31.1 Å². The van der Waals surface area contributed by atoms with Crippen molar-refractivity contribution in [1.29, 1.82) is 5.26 Å². The molecule has 3 heterocycles. The number of carbonyl (C=O) groups excluding carboxylic acids is 1. The summed E-state index contributed by atoms with van der Waals surface area (Å²) in [4.78, 5) is 28.1. The molecule has 0 unspecified atom stereocenters. The summed E-state index contributed by atoms with van der Waals surface area (Å²) >= 11 is 0. The number of benzene rings is 1. The van der Waals surface area contributed by atoms with E-state index in [4.69, 9.17) is 5.26 Å². The summed E-state index contributed by atoms with van der Waals surface area (Å²) in [6.45, 7) is 8.48. The minimum Gasteiger partial charge on any atom is -0.351 e. The monoisotopic (exact) mass is 433 g/mol. The fraction of sp³-hybridized carbons (Fsp3) is 0.500. The van der Waals surface area contributed by atoms with Crippen molar-refractivity contribution in [1.82, 2.24) is 25.1 Å². The Labute approximate surface area is 189 Å². The number of piperidine rings is 1. The first-order valence-corrected chi connectivity index (χ1v) is 11.4. The molecule has 4 rings (SSSR count). The van der Waals surface area contributed by atoms with Crippen LogP contribution in [0, 0.1) is 11.3 Å². The molecule has 2 aromatic rings. The normalized spacial score (nSPS) is 22.4. The zero-order valence-corrected chi connectivity index (χ0v) is 18.8. The number of aromatic nitrogens is 2. The van der Waals surface area contributed by atoms with Gasteiger partial charge in [-0.1, -0.05) is 30.3 Å². The van der Waals surface area contributed by atoms with Crippen LogP contribution in [0.5, 0.6) is 0 Å². The quantitative estimate of drug-likeness (QED) is 0.797. The Morgan fingerprint density at radius 3 is 2.38 bits per heavy atom. The third kappa shape index (κ3) is 5.17. The van der Waals surface area contributed by atoms with Crippen molar-refractivity contribution in [2.24, 2.45) is 0 Å². The number of urea groups is 1. The molecule has 1 aromatic carbocycles. The summed E-state index contributed by atoms with van der Waals surface area (Å²) in [5.74, 6) is 0.744. The van der Waals surface area contributed by atoms with E-state index in [1.165, 1.54) is 11.8 Å². The van der Waals surface area contributed by atoms with Gasteiger partial charge in [0, 0.05) is 50.8 Å². The van der Waals surface area contributed by atoms with E-state index in [9.17, 15) is 4.79 Å². The predicted octanol–water partition coefficient (Wildman–Crippen LogP) is 2.62. The molecule has 168 valence electrons. The molecule has 8 nitrogen and oxygen atoms in total. The molecule has 0 aliphatic carbocycles. The average Bonchev–Trinajstić information content (AvgIpc) is 2.80. The minimum atomic E-state index is 0.0251. The van der Waals surface area contributed by atoms with Gasteiger partial charge in [0.05, 0.1) is 12.4 Å². The molecule has 2 atom stereocenters. The van der Waals surface area contributed by atoms with Crippen LogP contribution in [0.3, 0.4) is 0 Å². The fourth-order valence-electron chi connectivity index (χ4n) is 4.78. The van der Waals surface area contributed by atoms with Crippen molar-refractivity contribution in [3.63, 3.8) is 0 Å². The fourth-order valence-corrected chi connectivity index (χ4v) is 4.78. The Morgan fingerprint density at radius 2 is 1.78 bits per heavy atom. The lowest BCUT2D eigenvalue weighted by atomic mass is 10.0. The number of hydrogen-bond acceptors (Lipinski definition) is 6. The van der Waals surface area contributed by atoms with E-state index >= 15 is 0 Å². The second-order valence-corrected chi connectivity index (χ2v) is 8.87. The molecule has 32 heavy (non-hydrogen) atoms. The van der Waals surface area contributed by atoms with Gasteiger partial charge in [0.2, 0.25) is 0 Å².